The molecule has 3 aromatic rings. The third-order valence-electron chi connectivity index (χ3n) is 5.10. The first kappa shape index (κ1) is 27.1. The number of anilines is 1. The standard InChI is InChI=1S/C26H29N3O5S2/c1-3-19(2)29-36(31,32)24-15-11-21(12-16-24)27-26(35)28-25(30)20-9-13-23(14-10-20)34-18-17-33-22-7-5-4-6-8-22/h4-16,19,29H,3,17-18H2,1-2H3,(H2,27,28,30,35). The maximum Gasteiger partial charge on any atom is 0.257 e. The van der Waals surface area contributed by atoms with Crippen molar-refractivity contribution >= 4 is 38.9 Å². The summed E-state index contributed by atoms with van der Waals surface area (Å²) in [6.07, 6.45) is 0.687. The van der Waals surface area contributed by atoms with Crippen LogP contribution < -0.4 is 24.8 Å². The van der Waals surface area contributed by atoms with Gasteiger partial charge in [0.2, 0.25) is 10.0 Å². The molecule has 0 spiro atoms. The van der Waals surface area contributed by atoms with Gasteiger partial charge in [-0.2, -0.15) is 0 Å². The molecule has 0 aromatic heterocycles. The van der Waals surface area contributed by atoms with Gasteiger partial charge in [-0.1, -0.05) is 25.1 Å². The number of nitrogens with one attached hydrogen (secondary N) is 3. The van der Waals surface area contributed by atoms with Crippen LogP contribution >= 0.6 is 12.2 Å². The predicted octanol–water partition coefficient (Wildman–Crippen LogP) is 4.35. The fourth-order valence-corrected chi connectivity index (χ4v) is 4.55. The quantitative estimate of drug-likeness (QED) is 0.252. The molecule has 0 bridgehead atoms. The molecule has 1 atom stereocenters. The van der Waals surface area contributed by atoms with Crippen molar-refractivity contribution in [2.75, 3.05) is 18.5 Å². The Bertz CT molecular complexity index is 1250. The van der Waals surface area contributed by atoms with Gasteiger partial charge in [0.25, 0.3) is 5.91 Å². The lowest BCUT2D eigenvalue weighted by molar-refractivity contribution is 0.0977. The van der Waals surface area contributed by atoms with Crippen LogP contribution in [0.5, 0.6) is 11.5 Å². The molecule has 0 fully saturated rings. The van der Waals surface area contributed by atoms with Crippen molar-refractivity contribution in [3.8, 4) is 11.5 Å². The molecule has 190 valence electrons. The van der Waals surface area contributed by atoms with Crippen LogP contribution in [0.1, 0.15) is 30.6 Å². The van der Waals surface area contributed by atoms with E-state index in [1.165, 1.54) is 12.1 Å². The number of carbonyl (C=O) groups is 1. The fraction of sp³-hybridized carbons (Fsp3) is 0.231. The summed E-state index contributed by atoms with van der Waals surface area (Å²) < 4.78 is 38.6. The highest BCUT2D eigenvalue weighted by Gasteiger charge is 2.16. The van der Waals surface area contributed by atoms with Gasteiger partial charge >= 0.3 is 0 Å². The second kappa shape index (κ2) is 13.0. The number of sulfonamides is 1. The number of hydrogen-bond acceptors (Lipinski definition) is 6. The second-order valence-corrected chi connectivity index (χ2v) is 10.0. The number of carbonyl (C=O) groups excluding carboxylic acids is 1. The van der Waals surface area contributed by atoms with Crippen LogP contribution in [0.25, 0.3) is 0 Å². The highest BCUT2D eigenvalue weighted by Crippen LogP contribution is 2.16. The summed E-state index contributed by atoms with van der Waals surface area (Å²) in [5, 5.41) is 5.57. The van der Waals surface area contributed by atoms with Crippen molar-refractivity contribution in [1.29, 1.82) is 0 Å². The fourth-order valence-electron chi connectivity index (χ4n) is 3.01. The minimum absolute atomic E-state index is 0.0896. The van der Waals surface area contributed by atoms with Crippen LogP contribution in [0.4, 0.5) is 5.69 Å². The Kier molecular flexibility index (Phi) is 9.80. The summed E-state index contributed by atoms with van der Waals surface area (Å²) >= 11 is 5.22. The van der Waals surface area contributed by atoms with E-state index in [-0.39, 0.29) is 22.0 Å². The lowest BCUT2D eigenvalue weighted by Crippen LogP contribution is -2.34. The molecule has 8 nitrogen and oxygen atoms in total. The largest absolute Gasteiger partial charge is 0.490 e. The van der Waals surface area contributed by atoms with E-state index < -0.39 is 10.0 Å². The van der Waals surface area contributed by atoms with Crippen LogP contribution in [0.3, 0.4) is 0 Å². The molecule has 0 aliphatic rings. The third kappa shape index (κ3) is 8.33. The van der Waals surface area contributed by atoms with Gasteiger partial charge in [0.1, 0.15) is 24.7 Å². The zero-order valence-electron chi connectivity index (χ0n) is 20.1. The first-order chi connectivity index (χ1) is 17.3. The van der Waals surface area contributed by atoms with Gasteiger partial charge in [-0.15, -0.1) is 0 Å². The summed E-state index contributed by atoms with van der Waals surface area (Å²) in [5.74, 6) is 1.00. The van der Waals surface area contributed by atoms with Crippen molar-refractivity contribution in [3.63, 3.8) is 0 Å². The Morgan fingerprint density at radius 3 is 2.06 bits per heavy atom. The summed E-state index contributed by atoms with van der Waals surface area (Å²) in [4.78, 5) is 12.7. The Balaban J connectivity index is 1.45. The zero-order chi connectivity index (χ0) is 26.0. The summed E-state index contributed by atoms with van der Waals surface area (Å²) in [5.41, 5.74) is 0.953. The number of thiocarbonyl (C=S) groups is 1. The molecule has 0 aliphatic heterocycles. The topological polar surface area (TPSA) is 106 Å². The summed E-state index contributed by atoms with van der Waals surface area (Å²) in [6.45, 7) is 4.47. The maximum absolute atomic E-state index is 12.5. The zero-order valence-corrected chi connectivity index (χ0v) is 21.7. The molecule has 0 saturated carbocycles. The Morgan fingerprint density at radius 2 is 1.47 bits per heavy atom. The number of amides is 1. The lowest BCUT2D eigenvalue weighted by Gasteiger charge is -2.13. The number of ether oxygens (including phenoxy) is 2. The van der Waals surface area contributed by atoms with Gasteiger partial charge in [-0.3, -0.25) is 10.1 Å². The molecule has 36 heavy (non-hydrogen) atoms. The molecule has 0 heterocycles. The summed E-state index contributed by atoms with van der Waals surface area (Å²) in [6, 6.07) is 22.1. The van der Waals surface area contributed by atoms with Gasteiger partial charge < -0.3 is 14.8 Å². The molecular weight excluding hydrogens is 498 g/mol. The molecule has 1 amide bonds. The molecule has 0 radical (unpaired) electrons. The number of hydrogen-bond donors (Lipinski definition) is 3. The van der Waals surface area contributed by atoms with E-state index in [4.69, 9.17) is 21.7 Å². The van der Waals surface area contributed by atoms with Crippen LogP contribution in [-0.2, 0) is 10.0 Å². The SMILES string of the molecule is CCC(C)NS(=O)(=O)c1ccc(NC(=S)NC(=O)c2ccc(OCCOc3ccccc3)cc2)cc1. The van der Waals surface area contributed by atoms with E-state index in [1.807, 2.05) is 37.3 Å². The van der Waals surface area contributed by atoms with Crippen LogP contribution in [0, 0.1) is 0 Å². The monoisotopic (exact) mass is 527 g/mol. The van der Waals surface area contributed by atoms with Crippen molar-refractivity contribution < 1.29 is 22.7 Å². The number of benzene rings is 3. The predicted molar refractivity (Wildman–Crippen MR) is 144 cm³/mol. The second-order valence-electron chi connectivity index (χ2n) is 7.90. The number of para-hydroxylation sites is 1. The van der Waals surface area contributed by atoms with Gasteiger partial charge in [0, 0.05) is 17.3 Å². The van der Waals surface area contributed by atoms with E-state index in [0.717, 1.165) is 5.75 Å². The molecular formula is C26H29N3O5S2. The minimum Gasteiger partial charge on any atom is -0.490 e. The summed E-state index contributed by atoms with van der Waals surface area (Å²) in [7, 11) is -3.59. The third-order valence-corrected chi connectivity index (χ3v) is 6.91. The molecule has 0 aliphatic carbocycles. The first-order valence-corrected chi connectivity index (χ1v) is 13.3. The Hall–Kier alpha value is -3.47. The normalized spacial score (nSPS) is 11.8. The van der Waals surface area contributed by atoms with Crippen molar-refractivity contribution in [2.45, 2.75) is 31.2 Å². The van der Waals surface area contributed by atoms with Crippen molar-refractivity contribution in [1.82, 2.24) is 10.0 Å². The van der Waals surface area contributed by atoms with Crippen LogP contribution in [0.15, 0.2) is 83.8 Å². The minimum atomic E-state index is -3.59. The van der Waals surface area contributed by atoms with Gasteiger partial charge in [0.15, 0.2) is 5.11 Å². The van der Waals surface area contributed by atoms with Gasteiger partial charge in [-0.05, 0) is 86.2 Å². The Morgan fingerprint density at radius 1 is 0.889 bits per heavy atom. The number of rotatable bonds is 11. The first-order valence-electron chi connectivity index (χ1n) is 11.4. The smallest absolute Gasteiger partial charge is 0.257 e. The van der Waals surface area contributed by atoms with Crippen molar-refractivity contribution in [2.24, 2.45) is 0 Å². The molecule has 10 heteroatoms. The highest BCUT2D eigenvalue weighted by molar-refractivity contribution is 7.89. The molecule has 3 N–H and O–H groups in total. The molecule has 3 aromatic carbocycles. The van der Waals surface area contributed by atoms with E-state index in [0.29, 0.717) is 36.6 Å². The van der Waals surface area contributed by atoms with Gasteiger partial charge in [0.05, 0.1) is 4.90 Å². The highest BCUT2D eigenvalue weighted by atomic mass is 32.2. The average Bonchev–Trinajstić information content (AvgIpc) is 2.87. The van der Waals surface area contributed by atoms with Crippen LogP contribution in [0.2, 0.25) is 0 Å². The van der Waals surface area contributed by atoms with E-state index in [1.54, 1.807) is 43.3 Å². The van der Waals surface area contributed by atoms with Crippen LogP contribution in [-0.4, -0.2) is 38.7 Å². The molecule has 1 unspecified atom stereocenters. The Labute approximate surface area is 217 Å². The maximum atomic E-state index is 12.5. The van der Waals surface area contributed by atoms with Crippen molar-refractivity contribution in [3.05, 3.63) is 84.4 Å². The lowest BCUT2D eigenvalue weighted by atomic mass is 10.2. The average molecular weight is 528 g/mol. The van der Waals surface area contributed by atoms with E-state index in [9.17, 15) is 13.2 Å². The molecule has 3 rings (SSSR count). The van der Waals surface area contributed by atoms with E-state index >= 15 is 0 Å². The van der Waals surface area contributed by atoms with E-state index in [2.05, 4.69) is 15.4 Å². The molecule has 0 saturated heterocycles. The van der Waals surface area contributed by atoms with Gasteiger partial charge in [-0.25, -0.2) is 13.1 Å².